The predicted octanol–water partition coefficient (Wildman–Crippen LogP) is -0.914. The van der Waals surface area contributed by atoms with Gasteiger partial charge in [0.1, 0.15) is 18.3 Å². The van der Waals surface area contributed by atoms with Crippen molar-refractivity contribution in [1.82, 2.24) is 9.55 Å². The molecule has 3 rings (SSSR count). The monoisotopic (exact) mass is 302 g/mol. The highest BCUT2D eigenvalue weighted by molar-refractivity contribution is 4.96. The quantitative estimate of drug-likeness (QED) is 0.696. The number of aromatic amines is 1. The SMILES string of the molecule is CC1(C)O[C@H]2[C@H](O)[C@@H](n3cc(F)c(=O)[nH]c3=O)OC[C@H]2O1. The van der Waals surface area contributed by atoms with Gasteiger partial charge in [-0.1, -0.05) is 0 Å². The Hall–Kier alpha value is -1.55. The van der Waals surface area contributed by atoms with E-state index in [0.717, 1.165) is 4.57 Å². The van der Waals surface area contributed by atoms with Gasteiger partial charge in [0.15, 0.2) is 12.0 Å². The van der Waals surface area contributed by atoms with Crippen LogP contribution in [0.15, 0.2) is 15.8 Å². The molecule has 2 N–H and O–H groups in total. The van der Waals surface area contributed by atoms with Gasteiger partial charge in [0.25, 0.3) is 5.56 Å². The summed E-state index contributed by atoms with van der Waals surface area (Å²) in [5.74, 6) is -2.02. The van der Waals surface area contributed by atoms with Gasteiger partial charge in [0.2, 0.25) is 5.82 Å². The molecule has 0 spiro atoms. The van der Waals surface area contributed by atoms with Crippen LogP contribution in [-0.4, -0.2) is 45.4 Å². The standard InChI is InChI=1S/C12H15FN2O6/c1-12(2)20-6-4-19-10(7(16)8(6)21-12)15-3-5(13)9(17)14-11(15)18/h3,6-8,10,16H,4H2,1-2H3,(H,14,17,18)/t6-,7+,8-,10+/m1/s1. The van der Waals surface area contributed by atoms with Crippen molar-refractivity contribution in [2.75, 3.05) is 6.61 Å². The zero-order valence-corrected chi connectivity index (χ0v) is 11.4. The van der Waals surface area contributed by atoms with Crippen LogP contribution in [0.5, 0.6) is 0 Å². The van der Waals surface area contributed by atoms with E-state index in [1.54, 1.807) is 13.8 Å². The average molecular weight is 302 g/mol. The number of hydrogen-bond donors (Lipinski definition) is 2. The first-order valence-electron chi connectivity index (χ1n) is 6.45. The molecule has 2 aliphatic rings. The molecule has 1 aromatic heterocycles. The van der Waals surface area contributed by atoms with Gasteiger partial charge in [0.05, 0.1) is 12.8 Å². The summed E-state index contributed by atoms with van der Waals surface area (Å²) in [5.41, 5.74) is -2.00. The highest BCUT2D eigenvalue weighted by Crippen LogP contribution is 2.36. The van der Waals surface area contributed by atoms with Gasteiger partial charge in [-0.3, -0.25) is 14.3 Å². The van der Waals surface area contributed by atoms with E-state index in [4.69, 9.17) is 14.2 Å². The van der Waals surface area contributed by atoms with Crippen LogP contribution < -0.4 is 11.2 Å². The van der Waals surface area contributed by atoms with E-state index in [-0.39, 0.29) is 6.61 Å². The van der Waals surface area contributed by atoms with Gasteiger partial charge in [-0.25, -0.2) is 4.79 Å². The molecule has 3 heterocycles. The molecule has 21 heavy (non-hydrogen) atoms. The third-order valence-corrected chi connectivity index (χ3v) is 3.48. The number of halogens is 1. The summed E-state index contributed by atoms with van der Waals surface area (Å²) in [4.78, 5) is 24.6. The Balaban J connectivity index is 1.93. The summed E-state index contributed by atoms with van der Waals surface area (Å²) in [5, 5.41) is 10.3. The number of aliphatic hydroxyl groups excluding tert-OH is 1. The Morgan fingerprint density at radius 3 is 2.86 bits per heavy atom. The minimum atomic E-state index is -1.24. The topological polar surface area (TPSA) is 103 Å². The van der Waals surface area contributed by atoms with Crippen molar-refractivity contribution in [3.05, 3.63) is 32.9 Å². The largest absolute Gasteiger partial charge is 0.386 e. The number of fused-ring (bicyclic) bond motifs is 1. The fraction of sp³-hybridized carbons (Fsp3) is 0.667. The molecule has 2 fully saturated rings. The summed E-state index contributed by atoms with van der Waals surface area (Å²) in [6, 6.07) is 0. The van der Waals surface area contributed by atoms with Crippen molar-refractivity contribution >= 4 is 0 Å². The lowest BCUT2D eigenvalue weighted by Gasteiger charge is -2.35. The number of aliphatic hydroxyl groups is 1. The van der Waals surface area contributed by atoms with Crippen LogP contribution in [0, 0.1) is 5.82 Å². The molecule has 8 nitrogen and oxygen atoms in total. The molecule has 2 aliphatic heterocycles. The van der Waals surface area contributed by atoms with E-state index < -0.39 is 47.4 Å². The summed E-state index contributed by atoms with van der Waals surface area (Å²) >= 11 is 0. The molecule has 0 radical (unpaired) electrons. The lowest BCUT2D eigenvalue weighted by Crippen LogP contribution is -2.51. The minimum absolute atomic E-state index is 0.0724. The predicted molar refractivity (Wildman–Crippen MR) is 66.1 cm³/mol. The molecular weight excluding hydrogens is 287 g/mol. The highest BCUT2D eigenvalue weighted by Gasteiger charge is 2.51. The zero-order chi connectivity index (χ0) is 15.4. The summed E-state index contributed by atoms with van der Waals surface area (Å²) in [7, 11) is 0. The van der Waals surface area contributed by atoms with Gasteiger partial charge in [-0.05, 0) is 13.8 Å². The van der Waals surface area contributed by atoms with Crippen LogP contribution >= 0.6 is 0 Å². The van der Waals surface area contributed by atoms with Crippen LogP contribution in [-0.2, 0) is 14.2 Å². The maximum Gasteiger partial charge on any atom is 0.330 e. The Kier molecular flexibility index (Phi) is 3.24. The molecular formula is C12H15FN2O6. The van der Waals surface area contributed by atoms with E-state index in [2.05, 4.69) is 0 Å². The number of hydrogen-bond acceptors (Lipinski definition) is 6. The van der Waals surface area contributed by atoms with Crippen LogP contribution in [0.3, 0.4) is 0 Å². The lowest BCUT2D eigenvalue weighted by atomic mass is 10.0. The number of rotatable bonds is 1. The zero-order valence-electron chi connectivity index (χ0n) is 11.4. The number of nitrogens with one attached hydrogen (secondary N) is 1. The number of aromatic nitrogens is 2. The molecule has 2 saturated heterocycles. The second kappa shape index (κ2) is 4.73. The van der Waals surface area contributed by atoms with Gasteiger partial charge in [-0.2, -0.15) is 4.39 Å². The van der Waals surface area contributed by atoms with E-state index >= 15 is 0 Å². The van der Waals surface area contributed by atoms with Crippen molar-refractivity contribution in [2.45, 2.75) is 44.2 Å². The Morgan fingerprint density at radius 1 is 1.43 bits per heavy atom. The first kappa shape index (κ1) is 14.4. The molecule has 9 heteroatoms. The molecule has 116 valence electrons. The number of H-pyrrole nitrogens is 1. The van der Waals surface area contributed by atoms with E-state index in [1.807, 2.05) is 4.98 Å². The Labute approximate surface area is 118 Å². The third-order valence-electron chi connectivity index (χ3n) is 3.48. The molecule has 0 aliphatic carbocycles. The summed E-state index contributed by atoms with van der Waals surface area (Å²) < 4.78 is 30.6. The number of nitrogens with zero attached hydrogens (tertiary/aromatic N) is 1. The number of ether oxygens (including phenoxy) is 3. The molecule has 0 unspecified atom stereocenters. The third kappa shape index (κ3) is 2.42. The first-order chi connectivity index (χ1) is 9.78. The Morgan fingerprint density at radius 2 is 2.14 bits per heavy atom. The maximum atomic E-state index is 13.3. The van der Waals surface area contributed by atoms with Gasteiger partial charge in [-0.15, -0.1) is 0 Å². The van der Waals surface area contributed by atoms with Crippen LogP contribution in [0.25, 0.3) is 0 Å². The Bertz CT molecular complexity index is 668. The highest BCUT2D eigenvalue weighted by atomic mass is 19.1. The lowest BCUT2D eigenvalue weighted by molar-refractivity contribution is -0.183. The van der Waals surface area contributed by atoms with E-state index in [9.17, 15) is 19.1 Å². The van der Waals surface area contributed by atoms with Gasteiger partial charge in [0, 0.05) is 0 Å². The molecule has 0 saturated carbocycles. The normalized spacial score (nSPS) is 34.7. The maximum absolute atomic E-state index is 13.3. The van der Waals surface area contributed by atoms with Crippen molar-refractivity contribution in [2.24, 2.45) is 0 Å². The van der Waals surface area contributed by atoms with Crippen molar-refractivity contribution in [3.8, 4) is 0 Å². The second-order valence-corrected chi connectivity index (χ2v) is 5.50. The smallest absolute Gasteiger partial charge is 0.330 e. The fourth-order valence-electron chi connectivity index (χ4n) is 2.63. The van der Waals surface area contributed by atoms with Crippen molar-refractivity contribution in [3.63, 3.8) is 0 Å². The van der Waals surface area contributed by atoms with Crippen molar-refractivity contribution < 1.29 is 23.7 Å². The average Bonchev–Trinajstić information content (AvgIpc) is 2.70. The summed E-state index contributed by atoms with van der Waals surface area (Å²) in [6.45, 7) is 3.46. The molecule has 4 atom stereocenters. The second-order valence-electron chi connectivity index (χ2n) is 5.50. The van der Waals surface area contributed by atoms with Gasteiger partial charge >= 0.3 is 5.69 Å². The molecule has 0 bridgehead atoms. The van der Waals surface area contributed by atoms with E-state index in [1.165, 1.54) is 0 Å². The summed E-state index contributed by atoms with van der Waals surface area (Å²) in [6.07, 6.45) is -2.89. The van der Waals surface area contributed by atoms with Crippen molar-refractivity contribution in [1.29, 1.82) is 0 Å². The molecule has 0 aromatic carbocycles. The van der Waals surface area contributed by atoms with Crippen LogP contribution in [0.1, 0.15) is 20.1 Å². The first-order valence-corrected chi connectivity index (χ1v) is 6.45. The van der Waals surface area contributed by atoms with Gasteiger partial charge < -0.3 is 19.3 Å². The molecule has 0 amide bonds. The van der Waals surface area contributed by atoms with Crippen LogP contribution in [0.2, 0.25) is 0 Å². The minimum Gasteiger partial charge on any atom is -0.386 e. The van der Waals surface area contributed by atoms with E-state index in [0.29, 0.717) is 6.20 Å². The van der Waals surface area contributed by atoms with Crippen LogP contribution in [0.4, 0.5) is 4.39 Å². The molecule has 1 aromatic rings. The fourth-order valence-corrected chi connectivity index (χ4v) is 2.63.